The molecule has 24 heavy (non-hydrogen) atoms. The lowest BCUT2D eigenvalue weighted by Crippen LogP contribution is -2.33. The smallest absolute Gasteiger partial charge is 0.407 e. The first-order chi connectivity index (χ1) is 11.2. The Labute approximate surface area is 141 Å². The fourth-order valence-corrected chi connectivity index (χ4v) is 1.83. The molecule has 0 aliphatic rings. The number of hydrogen-bond acceptors (Lipinski definition) is 5. The standard InChI is InChI=1S/C17H24FNO5/c1-17(2,3)24-16(21)19-9-5-6-15(20)23-11-12-10-13(18)7-8-14(12)22-4/h7-8,10H,5-6,9,11H2,1-4H3,(H,19,21). The number of methoxy groups -OCH3 is 1. The average Bonchev–Trinajstić information content (AvgIpc) is 2.48. The van der Waals surface area contributed by atoms with Crippen LogP contribution < -0.4 is 10.1 Å². The van der Waals surface area contributed by atoms with Gasteiger partial charge in [0.25, 0.3) is 0 Å². The zero-order valence-electron chi connectivity index (χ0n) is 14.5. The molecular weight excluding hydrogens is 317 g/mol. The summed E-state index contributed by atoms with van der Waals surface area (Å²) in [5.41, 5.74) is -0.106. The Balaban J connectivity index is 2.28. The maximum Gasteiger partial charge on any atom is 0.407 e. The number of ether oxygens (including phenoxy) is 3. The average molecular weight is 341 g/mol. The zero-order valence-corrected chi connectivity index (χ0v) is 14.5. The summed E-state index contributed by atoms with van der Waals surface area (Å²) in [6.45, 7) is 5.53. The third kappa shape index (κ3) is 7.80. The first-order valence-electron chi connectivity index (χ1n) is 7.66. The predicted octanol–water partition coefficient (Wildman–Crippen LogP) is 3.18. The van der Waals surface area contributed by atoms with E-state index in [0.717, 1.165) is 0 Å². The summed E-state index contributed by atoms with van der Waals surface area (Å²) < 4.78 is 28.4. The molecule has 0 aliphatic carbocycles. The lowest BCUT2D eigenvalue weighted by atomic mass is 10.2. The Hall–Kier alpha value is -2.31. The molecule has 0 atom stereocenters. The van der Waals surface area contributed by atoms with Crippen molar-refractivity contribution in [3.8, 4) is 5.75 Å². The van der Waals surface area contributed by atoms with Crippen molar-refractivity contribution in [2.24, 2.45) is 0 Å². The predicted molar refractivity (Wildman–Crippen MR) is 86.2 cm³/mol. The molecule has 0 aliphatic heterocycles. The third-order valence-electron chi connectivity index (χ3n) is 2.86. The van der Waals surface area contributed by atoms with Crippen LogP contribution in [-0.2, 0) is 20.9 Å². The number of hydrogen-bond donors (Lipinski definition) is 1. The highest BCUT2D eigenvalue weighted by atomic mass is 19.1. The minimum Gasteiger partial charge on any atom is -0.496 e. The summed E-state index contributed by atoms with van der Waals surface area (Å²) in [7, 11) is 1.46. The first kappa shape index (κ1) is 19.7. The van der Waals surface area contributed by atoms with E-state index in [1.54, 1.807) is 20.8 Å². The van der Waals surface area contributed by atoms with E-state index in [9.17, 15) is 14.0 Å². The highest BCUT2D eigenvalue weighted by molar-refractivity contribution is 5.70. The number of esters is 1. The summed E-state index contributed by atoms with van der Waals surface area (Å²) >= 11 is 0. The maximum absolute atomic E-state index is 13.2. The van der Waals surface area contributed by atoms with E-state index in [-0.39, 0.29) is 13.0 Å². The summed E-state index contributed by atoms with van der Waals surface area (Å²) in [5.74, 6) is -0.411. The second kappa shape index (κ2) is 9.10. The molecule has 1 amide bonds. The van der Waals surface area contributed by atoms with E-state index in [2.05, 4.69) is 5.32 Å². The van der Waals surface area contributed by atoms with Gasteiger partial charge < -0.3 is 19.5 Å². The van der Waals surface area contributed by atoms with Gasteiger partial charge in [-0.05, 0) is 45.4 Å². The van der Waals surface area contributed by atoms with Gasteiger partial charge in [0.2, 0.25) is 0 Å². The molecule has 1 N–H and O–H groups in total. The molecule has 0 heterocycles. The third-order valence-corrected chi connectivity index (χ3v) is 2.86. The van der Waals surface area contributed by atoms with Gasteiger partial charge in [-0.3, -0.25) is 4.79 Å². The van der Waals surface area contributed by atoms with Crippen molar-refractivity contribution in [3.05, 3.63) is 29.6 Å². The molecule has 134 valence electrons. The minimum atomic E-state index is -0.562. The molecule has 0 saturated carbocycles. The molecule has 0 aromatic heterocycles. The van der Waals surface area contributed by atoms with E-state index in [0.29, 0.717) is 24.3 Å². The van der Waals surface area contributed by atoms with Gasteiger partial charge in [-0.15, -0.1) is 0 Å². The van der Waals surface area contributed by atoms with Crippen LogP contribution in [0.2, 0.25) is 0 Å². The van der Waals surface area contributed by atoms with Gasteiger partial charge in [0.05, 0.1) is 7.11 Å². The first-order valence-corrected chi connectivity index (χ1v) is 7.66. The van der Waals surface area contributed by atoms with E-state index >= 15 is 0 Å². The number of halogens is 1. The Morgan fingerprint density at radius 1 is 1.25 bits per heavy atom. The lowest BCUT2D eigenvalue weighted by Gasteiger charge is -2.19. The summed E-state index contributed by atoms with van der Waals surface area (Å²) in [6, 6.07) is 4.01. The summed E-state index contributed by atoms with van der Waals surface area (Å²) in [6.07, 6.45) is 0.0200. The fourth-order valence-electron chi connectivity index (χ4n) is 1.83. The van der Waals surface area contributed by atoms with Gasteiger partial charge in [0.1, 0.15) is 23.8 Å². The monoisotopic (exact) mass is 341 g/mol. The number of alkyl carbamates (subject to hydrolysis) is 1. The number of benzene rings is 1. The van der Waals surface area contributed by atoms with Crippen molar-refractivity contribution in [2.45, 2.75) is 45.8 Å². The second-order valence-electron chi connectivity index (χ2n) is 6.15. The van der Waals surface area contributed by atoms with Crippen LogP contribution in [0.3, 0.4) is 0 Å². The van der Waals surface area contributed by atoms with Crippen LogP contribution in [0.15, 0.2) is 18.2 Å². The summed E-state index contributed by atoms with van der Waals surface area (Å²) in [4.78, 5) is 23.1. The molecule has 0 saturated heterocycles. The molecule has 0 spiro atoms. The van der Waals surface area contributed by atoms with Crippen molar-refractivity contribution in [1.29, 1.82) is 0 Å². The van der Waals surface area contributed by atoms with Crippen LogP contribution in [0.1, 0.15) is 39.2 Å². The van der Waals surface area contributed by atoms with Crippen molar-refractivity contribution < 1.29 is 28.2 Å². The Morgan fingerprint density at radius 2 is 1.96 bits per heavy atom. The molecule has 0 unspecified atom stereocenters. The highest BCUT2D eigenvalue weighted by Gasteiger charge is 2.15. The van der Waals surface area contributed by atoms with E-state index in [4.69, 9.17) is 14.2 Å². The van der Waals surface area contributed by atoms with Crippen molar-refractivity contribution in [3.63, 3.8) is 0 Å². The Morgan fingerprint density at radius 3 is 2.58 bits per heavy atom. The molecule has 0 radical (unpaired) electrons. The van der Waals surface area contributed by atoms with Crippen molar-refractivity contribution >= 4 is 12.1 Å². The van der Waals surface area contributed by atoms with E-state index < -0.39 is 23.5 Å². The molecule has 1 aromatic rings. The number of nitrogens with one attached hydrogen (secondary N) is 1. The van der Waals surface area contributed by atoms with Crippen molar-refractivity contribution in [1.82, 2.24) is 5.32 Å². The van der Waals surface area contributed by atoms with E-state index in [1.165, 1.54) is 25.3 Å². The number of rotatable bonds is 7. The maximum atomic E-state index is 13.2. The largest absolute Gasteiger partial charge is 0.496 e. The second-order valence-corrected chi connectivity index (χ2v) is 6.15. The fraction of sp³-hybridized carbons (Fsp3) is 0.529. The van der Waals surface area contributed by atoms with Gasteiger partial charge in [0, 0.05) is 18.5 Å². The lowest BCUT2D eigenvalue weighted by molar-refractivity contribution is -0.145. The molecule has 1 aromatic carbocycles. The quantitative estimate of drug-likeness (QED) is 0.609. The van der Waals surface area contributed by atoms with Crippen LogP contribution >= 0.6 is 0 Å². The minimum absolute atomic E-state index is 0.0702. The molecule has 0 fully saturated rings. The molecule has 6 nitrogen and oxygen atoms in total. The van der Waals surface area contributed by atoms with Crippen LogP contribution in [0, 0.1) is 5.82 Å². The van der Waals surface area contributed by atoms with Gasteiger partial charge in [-0.25, -0.2) is 9.18 Å². The number of carbonyl (C=O) groups excluding carboxylic acids is 2. The van der Waals surface area contributed by atoms with Gasteiger partial charge in [-0.1, -0.05) is 0 Å². The SMILES string of the molecule is COc1ccc(F)cc1COC(=O)CCCNC(=O)OC(C)(C)C. The molecule has 7 heteroatoms. The summed E-state index contributed by atoms with van der Waals surface area (Å²) in [5, 5.41) is 2.56. The van der Waals surface area contributed by atoms with Crippen LogP contribution in [0.25, 0.3) is 0 Å². The topological polar surface area (TPSA) is 73.9 Å². The van der Waals surface area contributed by atoms with Crippen LogP contribution in [0.4, 0.5) is 9.18 Å². The van der Waals surface area contributed by atoms with Gasteiger partial charge >= 0.3 is 12.1 Å². The van der Waals surface area contributed by atoms with Gasteiger partial charge in [-0.2, -0.15) is 0 Å². The van der Waals surface area contributed by atoms with E-state index in [1.807, 2.05) is 0 Å². The molecule has 0 bridgehead atoms. The highest BCUT2D eigenvalue weighted by Crippen LogP contribution is 2.20. The number of carbonyl (C=O) groups is 2. The normalized spacial score (nSPS) is 10.9. The van der Waals surface area contributed by atoms with Gasteiger partial charge in [0.15, 0.2) is 0 Å². The van der Waals surface area contributed by atoms with Crippen LogP contribution in [-0.4, -0.2) is 31.3 Å². The van der Waals surface area contributed by atoms with Crippen LogP contribution in [0.5, 0.6) is 5.75 Å². The Bertz CT molecular complexity index is 569. The molecular formula is C17H24FNO5. The Kier molecular flexibility index (Phi) is 7.48. The molecule has 1 rings (SSSR count). The van der Waals surface area contributed by atoms with Crippen molar-refractivity contribution in [2.75, 3.05) is 13.7 Å². The zero-order chi connectivity index (χ0) is 18.2. The number of amides is 1.